The molecule has 1 unspecified atom stereocenters. The lowest BCUT2D eigenvalue weighted by Crippen LogP contribution is -2.13. The highest BCUT2D eigenvalue weighted by Crippen LogP contribution is 2.38. The van der Waals surface area contributed by atoms with E-state index < -0.39 is 24.1 Å². The van der Waals surface area contributed by atoms with Crippen molar-refractivity contribution in [1.82, 2.24) is 4.98 Å². The van der Waals surface area contributed by atoms with E-state index in [9.17, 15) is 18.0 Å². The Balaban J connectivity index is 1.82. The van der Waals surface area contributed by atoms with Crippen molar-refractivity contribution in [3.63, 3.8) is 0 Å². The van der Waals surface area contributed by atoms with Crippen molar-refractivity contribution >= 4 is 11.7 Å². The van der Waals surface area contributed by atoms with E-state index in [0.29, 0.717) is 17.0 Å². The molecule has 2 aromatic rings. The summed E-state index contributed by atoms with van der Waals surface area (Å²) in [6, 6.07) is 6.42. The molecule has 0 saturated carbocycles. The number of rotatable bonds is 2. The van der Waals surface area contributed by atoms with Gasteiger partial charge in [-0.25, -0.2) is 4.79 Å². The molecule has 0 bridgehead atoms. The molecule has 1 aromatic heterocycles. The Hall–Kier alpha value is -2.77. The van der Waals surface area contributed by atoms with Crippen molar-refractivity contribution in [1.29, 1.82) is 0 Å². The minimum atomic E-state index is -4.50. The van der Waals surface area contributed by atoms with Crippen LogP contribution in [0.15, 0.2) is 36.5 Å². The predicted octanol–water partition coefficient (Wildman–Crippen LogP) is 3.30. The van der Waals surface area contributed by atoms with Crippen molar-refractivity contribution in [2.75, 3.05) is 5.32 Å². The minimum Gasteiger partial charge on any atom is -0.478 e. The smallest absolute Gasteiger partial charge is 0.433 e. The molecule has 1 aliphatic heterocycles. The molecule has 0 aliphatic carbocycles. The number of nitrogens with one attached hydrogen (secondary N) is 1. The molecule has 0 saturated heterocycles. The fourth-order valence-electron chi connectivity index (χ4n) is 2.05. The van der Waals surface area contributed by atoms with Gasteiger partial charge in [-0.3, -0.25) is 4.98 Å². The molecule has 0 fully saturated rings. The Labute approximate surface area is 122 Å². The van der Waals surface area contributed by atoms with Gasteiger partial charge in [0.05, 0.1) is 11.3 Å². The molecule has 1 atom stereocenters. The van der Waals surface area contributed by atoms with Crippen molar-refractivity contribution in [2.24, 2.45) is 0 Å². The summed E-state index contributed by atoms with van der Waals surface area (Å²) in [5.41, 5.74) is 0.0441. The molecule has 1 aromatic carbocycles. The van der Waals surface area contributed by atoms with Crippen LogP contribution >= 0.6 is 0 Å². The SMILES string of the molecule is O=C(O)c1ccc2c(c1)OC(c1ccc(C(F)(F)F)nc1)N2. The summed E-state index contributed by atoms with van der Waals surface area (Å²) < 4.78 is 42.9. The van der Waals surface area contributed by atoms with Crippen LogP contribution in [0, 0.1) is 0 Å². The maximum atomic E-state index is 12.5. The second-order valence-corrected chi connectivity index (χ2v) is 4.63. The standard InChI is InChI=1S/C14H9F3N2O3/c15-14(16,17)11-4-2-8(6-18-11)12-19-9-3-1-7(13(20)21)5-10(9)22-12/h1-6,12,19H,(H,20,21). The van der Waals surface area contributed by atoms with Gasteiger partial charge in [-0.05, 0) is 30.3 Å². The zero-order chi connectivity index (χ0) is 15.9. The fraction of sp³-hybridized carbons (Fsp3) is 0.143. The molecule has 0 amide bonds. The van der Waals surface area contributed by atoms with E-state index in [1.54, 1.807) is 0 Å². The van der Waals surface area contributed by atoms with Gasteiger partial charge >= 0.3 is 12.1 Å². The summed E-state index contributed by atoms with van der Waals surface area (Å²) in [7, 11) is 0. The first-order valence-electron chi connectivity index (χ1n) is 6.18. The first-order chi connectivity index (χ1) is 10.3. The highest BCUT2D eigenvalue weighted by molar-refractivity contribution is 5.89. The normalized spacial score (nSPS) is 16.6. The van der Waals surface area contributed by atoms with E-state index in [1.165, 1.54) is 24.3 Å². The van der Waals surface area contributed by atoms with Crippen molar-refractivity contribution in [3.05, 3.63) is 53.3 Å². The quantitative estimate of drug-likeness (QED) is 0.890. The van der Waals surface area contributed by atoms with Gasteiger partial charge in [0.2, 0.25) is 0 Å². The lowest BCUT2D eigenvalue weighted by atomic mass is 10.2. The van der Waals surface area contributed by atoms with E-state index in [2.05, 4.69) is 10.3 Å². The van der Waals surface area contributed by atoms with E-state index in [4.69, 9.17) is 9.84 Å². The van der Waals surface area contributed by atoms with Gasteiger partial charge in [0.15, 0.2) is 6.23 Å². The number of halogens is 3. The Kier molecular flexibility index (Phi) is 3.16. The number of carbonyl (C=O) groups is 1. The fourth-order valence-corrected chi connectivity index (χ4v) is 2.05. The zero-order valence-electron chi connectivity index (χ0n) is 10.9. The largest absolute Gasteiger partial charge is 0.478 e. The number of carboxylic acids is 1. The third-order valence-electron chi connectivity index (χ3n) is 3.14. The first kappa shape index (κ1) is 14.2. The number of hydrogen-bond donors (Lipinski definition) is 2. The third-order valence-corrected chi connectivity index (χ3v) is 3.14. The lowest BCUT2D eigenvalue weighted by Gasteiger charge is -2.12. The monoisotopic (exact) mass is 310 g/mol. The van der Waals surface area contributed by atoms with Crippen LogP contribution in [0.2, 0.25) is 0 Å². The average Bonchev–Trinajstić information content (AvgIpc) is 2.89. The van der Waals surface area contributed by atoms with Gasteiger partial charge in [0.25, 0.3) is 0 Å². The summed E-state index contributed by atoms with van der Waals surface area (Å²) in [6.45, 7) is 0. The molecule has 22 heavy (non-hydrogen) atoms. The number of carboxylic acid groups (broad SMARTS) is 1. The molecule has 2 N–H and O–H groups in total. The van der Waals surface area contributed by atoms with Crippen LogP contribution in [0.1, 0.15) is 27.8 Å². The van der Waals surface area contributed by atoms with Crippen LogP contribution in [0.3, 0.4) is 0 Å². The maximum Gasteiger partial charge on any atom is 0.433 e. The molecule has 0 radical (unpaired) electrons. The van der Waals surface area contributed by atoms with Gasteiger partial charge in [0.1, 0.15) is 11.4 Å². The Morgan fingerprint density at radius 3 is 2.64 bits per heavy atom. The van der Waals surface area contributed by atoms with E-state index in [-0.39, 0.29) is 5.56 Å². The Morgan fingerprint density at radius 2 is 2.05 bits per heavy atom. The summed E-state index contributed by atoms with van der Waals surface area (Å²) in [5.74, 6) is -0.768. The number of fused-ring (bicyclic) bond motifs is 1. The number of anilines is 1. The molecule has 2 heterocycles. The number of ether oxygens (including phenoxy) is 1. The van der Waals surface area contributed by atoms with E-state index in [0.717, 1.165) is 12.3 Å². The maximum absolute atomic E-state index is 12.5. The van der Waals surface area contributed by atoms with Gasteiger partial charge in [-0.2, -0.15) is 13.2 Å². The average molecular weight is 310 g/mol. The van der Waals surface area contributed by atoms with Crippen LogP contribution in [0.4, 0.5) is 18.9 Å². The van der Waals surface area contributed by atoms with Crippen molar-refractivity contribution in [2.45, 2.75) is 12.4 Å². The highest BCUT2D eigenvalue weighted by atomic mass is 19.4. The van der Waals surface area contributed by atoms with Gasteiger partial charge in [0, 0.05) is 11.8 Å². The second kappa shape index (κ2) is 4.90. The summed E-state index contributed by atoms with van der Waals surface area (Å²) >= 11 is 0. The number of aromatic nitrogens is 1. The number of benzene rings is 1. The number of pyridine rings is 1. The molecule has 114 valence electrons. The van der Waals surface area contributed by atoms with Crippen LogP contribution < -0.4 is 10.1 Å². The number of alkyl halides is 3. The Bertz CT molecular complexity index is 729. The summed E-state index contributed by atoms with van der Waals surface area (Å²) in [5, 5.41) is 11.9. The second-order valence-electron chi connectivity index (χ2n) is 4.63. The van der Waals surface area contributed by atoms with Crippen LogP contribution in [0.5, 0.6) is 5.75 Å². The van der Waals surface area contributed by atoms with Gasteiger partial charge in [-0.15, -0.1) is 0 Å². The van der Waals surface area contributed by atoms with Gasteiger partial charge < -0.3 is 15.2 Å². The molecule has 0 spiro atoms. The zero-order valence-corrected chi connectivity index (χ0v) is 10.9. The topological polar surface area (TPSA) is 71.5 Å². The number of nitrogens with zero attached hydrogens (tertiary/aromatic N) is 1. The third kappa shape index (κ3) is 2.54. The number of hydrogen-bond acceptors (Lipinski definition) is 4. The highest BCUT2D eigenvalue weighted by Gasteiger charge is 2.33. The Morgan fingerprint density at radius 1 is 1.27 bits per heavy atom. The van der Waals surface area contributed by atoms with Crippen molar-refractivity contribution in [3.8, 4) is 5.75 Å². The predicted molar refractivity (Wildman–Crippen MR) is 69.6 cm³/mol. The van der Waals surface area contributed by atoms with E-state index in [1.807, 2.05) is 0 Å². The summed E-state index contributed by atoms with van der Waals surface area (Å²) in [4.78, 5) is 14.3. The molecular weight excluding hydrogens is 301 g/mol. The molecule has 5 nitrogen and oxygen atoms in total. The van der Waals surface area contributed by atoms with Crippen LogP contribution in [-0.4, -0.2) is 16.1 Å². The van der Waals surface area contributed by atoms with E-state index >= 15 is 0 Å². The lowest BCUT2D eigenvalue weighted by molar-refractivity contribution is -0.141. The summed E-state index contributed by atoms with van der Waals surface area (Å²) in [6.07, 6.45) is -4.14. The molecule has 8 heteroatoms. The first-order valence-corrected chi connectivity index (χ1v) is 6.18. The van der Waals surface area contributed by atoms with Crippen LogP contribution in [-0.2, 0) is 6.18 Å². The molecule has 1 aliphatic rings. The van der Waals surface area contributed by atoms with Crippen LogP contribution in [0.25, 0.3) is 0 Å². The number of aromatic carboxylic acids is 1. The molecule has 3 rings (SSSR count). The molecular formula is C14H9F3N2O3. The minimum absolute atomic E-state index is 0.0618. The van der Waals surface area contributed by atoms with Crippen molar-refractivity contribution < 1.29 is 27.8 Å². The van der Waals surface area contributed by atoms with Gasteiger partial charge in [-0.1, -0.05) is 0 Å².